The van der Waals surface area contributed by atoms with Crippen LogP contribution in [0.2, 0.25) is 0 Å². The van der Waals surface area contributed by atoms with Crippen molar-refractivity contribution in [1.29, 1.82) is 0 Å². The Hall–Kier alpha value is -1.03. The Morgan fingerprint density at radius 1 is 1.26 bits per heavy atom. The van der Waals surface area contributed by atoms with Crippen molar-refractivity contribution in [3.8, 4) is 0 Å². The molecular formula is C15H28O4. The van der Waals surface area contributed by atoms with Crippen molar-refractivity contribution >= 4 is 5.97 Å². The van der Waals surface area contributed by atoms with Gasteiger partial charge in [0.2, 0.25) is 0 Å². The fourth-order valence-corrected chi connectivity index (χ4v) is 1.65. The Labute approximate surface area is 116 Å². The van der Waals surface area contributed by atoms with E-state index in [1.165, 1.54) is 0 Å². The highest BCUT2D eigenvalue weighted by Gasteiger charge is 2.24. The van der Waals surface area contributed by atoms with E-state index >= 15 is 0 Å². The first kappa shape index (κ1) is 18.0. The van der Waals surface area contributed by atoms with Gasteiger partial charge in [-0.2, -0.15) is 4.89 Å². The Morgan fingerprint density at radius 3 is 2.16 bits per heavy atom. The topological polar surface area (TPSA) is 55.8 Å². The fraction of sp³-hybridized carbons (Fsp3) is 0.800. The van der Waals surface area contributed by atoms with Gasteiger partial charge in [-0.1, -0.05) is 27.7 Å². The van der Waals surface area contributed by atoms with Crippen molar-refractivity contribution in [1.82, 2.24) is 0 Å². The molecule has 0 rings (SSSR count). The van der Waals surface area contributed by atoms with E-state index in [1.807, 2.05) is 27.7 Å². The van der Waals surface area contributed by atoms with Gasteiger partial charge in [0.1, 0.15) is 5.60 Å². The summed E-state index contributed by atoms with van der Waals surface area (Å²) in [4.78, 5) is 21.9. The van der Waals surface area contributed by atoms with Gasteiger partial charge in [-0.05, 0) is 39.5 Å². The number of hydrogen-bond donors (Lipinski definition) is 1. The van der Waals surface area contributed by atoms with E-state index in [4.69, 9.17) is 14.9 Å². The second-order valence-electron chi connectivity index (χ2n) is 6.10. The maximum absolute atomic E-state index is 11.1. The zero-order valence-electron chi connectivity index (χ0n) is 13.2. The Bertz CT molecular complexity index is 329. The van der Waals surface area contributed by atoms with Crippen LogP contribution in [0.5, 0.6) is 0 Å². The molecule has 0 aliphatic heterocycles. The van der Waals surface area contributed by atoms with Crippen molar-refractivity contribution in [2.45, 2.75) is 66.9 Å². The standard InChI is InChI=1S/C15H28O4/c1-8-15(6,7)19-18-13(12(5)14(16)17)11(4)9-10(2)3/h10-11H,8-9H2,1-7H3,(H,16,17). The predicted octanol–water partition coefficient (Wildman–Crippen LogP) is 4.16. The van der Waals surface area contributed by atoms with Crippen LogP contribution in [0, 0.1) is 11.8 Å². The summed E-state index contributed by atoms with van der Waals surface area (Å²) in [6.07, 6.45) is 1.64. The molecule has 0 aromatic heterocycles. The van der Waals surface area contributed by atoms with E-state index in [1.54, 1.807) is 6.92 Å². The summed E-state index contributed by atoms with van der Waals surface area (Å²) in [5.74, 6) is -0.0654. The average Bonchev–Trinajstić information content (AvgIpc) is 2.27. The summed E-state index contributed by atoms with van der Waals surface area (Å²) >= 11 is 0. The third-order valence-electron chi connectivity index (χ3n) is 3.17. The molecule has 0 saturated heterocycles. The van der Waals surface area contributed by atoms with E-state index in [0.717, 1.165) is 12.8 Å². The molecule has 0 heterocycles. The lowest BCUT2D eigenvalue weighted by atomic mass is 9.95. The highest BCUT2D eigenvalue weighted by atomic mass is 17.2. The first-order valence-corrected chi connectivity index (χ1v) is 6.90. The van der Waals surface area contributed by atoms with Crippen molar-refractivity contribution < 1.29 is 19.7 Å². The highest BCUT2D eigenvalue weighted by molar-refractivity contribution is 5.86. The smallest absolute Gasteiger partial charge is 0.334 e. The van der Waals surface area contributed by atoms with Crippen molar-refractivity contribution in [3.05, 3.63) is 11.3 Å². The minimum Gasteiger partial charge on any atom is -0.478 e. The monoisotopic (exact) mass is 272 g/mol. The van der Waals surface area contributed by atoms with Gasteiger partial charge in [0.25, 0.3) is 0 Å². The van der Waals surface area contributed by atoms with Crippen LogP contribution >= 0.6 is 0 Å². The van der Waals surface area contributed by atoms with Gasteiger partial charge in [-0.15, -0.1) is 0 Å². The largest absolute Gasteiger partial charge is 0.478 e. The Balaban J connectivity index is 5.00. The molecule has 0 aliphatic carbocycles. The molecule has 19 heavy (non-hydrogen) atoms. The summed E-state index contributed by atoms with van der Waals surface area (Å²) < 4.78 is 0. The maximum Gasteiger partial charge on any atom is 0.334 e. The van der Waals surface area contributed by atoms with Crippen LogP contribution in [0.15, 0.2) is 11.3 Å². The summed E-state index contributed by atoms with van der Waals surface area (Å²) in [6.45, 7) is 13.5. The molecule has 0 aromatic rings. The SMILES string of the molecule is CCC(C)(C)OOC(=C(C)C(=O)O)C(C)CC(C)C. The number of aliphatic carboxylic acids is 1. The van der Waals surface area contributed by atoms with Gasteiger partial charge < -0.3 is 9.99 Å². The van der Waals surface area contributed by atoms with Crippen LogP contribution in [0.25, 0.3) is 0 Å². The lowest BCUT2D eigenvalue weighted by Gasteiger charge is -2.25. The Kier molecular flexibility index (Phi) is 7.12. The zero-order chi connectivity index (χ0) is 15.2. The number of hydrogen-bond acceptors (Lipinski definition) is 3. The quantitative estimate of drug-likeness (QED) is 0.312. The minimum absolute atomic E-state index is 0.0174. The van der Waals surface area contributed by atoms with E-state index in [2.05, 4.69) is 13.8 Å². The third kappa shape index (κ3) is 6.62. The molecule has 0 spiro atoms. The van der Waals surface area contributed by atoms with Crippen LogP contribution in [-0.2, 0) is 14.6 Å². The van der Waals surface area contributed by atoms with Gasteiger partial charge in [-0.3, -0.25) is 0 Å². The summed E-state index contributed by atoms with van der Waals surface area (Å²) in [5.41, 5.74) is -0.221. The van der Waals surface area contributed by atoms with Gasteiger partial charge in [0.05, 0.1) is 5.57 Å². The van der Waals surface area contributed by atoms with E-state index < -0.39 is 11.6 Å². The first-order chi connectivity index (χ1) is 8.60. The third-order valence-corrected chi connectivity index (χ3v) is 3.17. The van der Waals surface area contributed by atoms with Crippen molar-refractivity contribution in [2.75, 3.05) is 0 Å². The average molecular weight is 272 g/mol. The molecule has 0 aliphatic rings. The minimum atomic E-state index is -0.969. The molecule has 0 bridgehead atoms. The van der Waals surface area contributed by atoms with E-state index in [-0.39, 0.29) is 11.5 Å². The lowest BCUT2D eigenvalue weighted by molar-refractivity contribution is -0.332. The second kappa shape index (κ2) is 7.53. The van der Waals surface area contributed by atoms with Gasteiger partial charge >= 0.3 is 5.97 Å². The number of carbonyl (C=O) groups is 1. The number of allylic oxidation sites excluding steroid dienone is 1. The summed E-state index contributed by atoms with van der Waals surface area (Å²) in [5, 5.41) is 9.13. The second-order valence-corrected chi connectivity index (χ2v) is 6.10. The maximum atomic E-state index is 11.1. The molecular weight excluding hydrogens is 244 g/mol. The molecule has 4 nitrogen and oxygen atoms in total. The Morgan fingerprint density at radius 2 is 1.79 bits per heavy atom. The highest BCUT2D eigenvalue weighted by Crippen LogP contribution is 2.26. The normalized spacial score (nSPS) is 15.2. The van der Waals surface area contributed by atoms with Crippen molar-refractivity contribution in [2.24, 2.45) is 11.8 Å². The van der Waals surface area contributed by atoms with Crippen LogP contribution in [0.3, 0.4) is 0 Å². The predicted molar refractivity (Wildman–Crippen MR) is 75.5 cm³/mol. The first-order valence-electron chi connectivity index (χ1n) is 6.90. The summed E-state index contributed by atoms with van der Waals surface area (Å²) in [7, 11) is 0. The molecule has 1 atom stereocenters. The molecule has 0 radical (unpaired) electrons. The molecule has 1 N–H and O–H groups in total. The van der Waals surface area contributed by atoms with Gasteiger partial charge in [0, 0.05) is 5.92 Å². The van der Waals surface area contributed by atoms with Gasteiger partial charge in [0.15, 0.2) is 5.76 Å². The molecule has 0 amide bonds. The molecule has 112 valence electrons. The summed E-state index contributed by atoms with van der Waals surface area (Å²) in [6, 6.07) is 0. The molecule has 1 unspecified atom stereocenters. The molecule has 0 aromatic carbocycles. The van der Waals surface area contributed by atoms with E-state index in [9.17, 15) is 4.79 Å². The lowest BCUT2D eigenvalue weighted by Crippen LogP contribution is -2.25. The fourth-order valence-electron chi connectivity index (χ4n) is 1.65. The zero-order valence-corrected chi connectivity index (χ0v) is 13.2. The van der Waals surface area contributed by atoms with Crippen LogP contribution < -0.4 is 0 Å². The molecule has 0 fully saturated rings. The van der Waals surface area contributed by atoms with Crippen LogP contribution in [0.4, 0.5) is 0 Å². The van der Waals surface area contributed by atoms with Crippen LogP contribution in [0.1, 0.15) is 61.3 Å². The van der Waals surface area contributed by atoms with E-state index in [0.29, 0.717) is 11.7 Å². The molecule has 4 heteroatoms. The number of rotatable bonds is 8. The number of carboxylic acids is 1. The number of carboxylic acid groups (broad SMARTS) is 1. The van der Waals surface area contributed by atoms with Gasteiger partial charge in [-0.25, -0.2) is 4.79 Å². The molecule has 0 saturated carbocycles. The van der Waals surface area contributed by atoms with Crippen molar-refractivity contribution in [3.63, 3.8) is 0 Å². The van der Waals surface area contributed by atoms with Crippen LogP contribution in [-0.4, -0.2) is 16.7 Å².